The normalized spacial score (nSPS) is 14.2. The molecule has 0 spiro atoms. The van der Waals surface area contributed by atoms with E-state index < -0.39 is 0 Å². The molecule has 0 atom stereocenters. The molecule has 0 saturated carbocycles. The molecule has 4 rings (SSSR count). The van der Waals surface area contributed by atoms with Gasteiger partial charge in [0, 0.05) is 11.1 Å². The van der Waals surface area contributed by atoms with E-state index in [0.717, 1.165) is 35.4 Å². The number of fused-ring (bicyclic) bond motifs is 2. The van der Waals surface area contributed by atoms with Crippen LogP contribution >= 0.6 is 11.3 Å². The predicted octanol–water partition coefficient (Wildman–Crippen LogP) is 4.63. The zero-order valence-corrected chi connectivity index (χ0v) is 14.1. The van der Waals surface area contributed by atoms with Gasteiger partial charge in [0.25, 0.3) is 5.91 Å². The number of aryl methyl sites for hydroxylation is 1. The molecule has 4 heteroatoms. The first-order valence-corrected chi connectivity index (χ1v) is 9.01. The zero-order valence-electron chi connectivity index (χ0n) is 13.3. The van der Waals surface area contributed by atoms with Crippen molar-refractivity contribution in [3.63, 3.8) is 0 Å². The van der Waals surface area contributed by atoms with E-state index in [0.29, 0.717) is 5.56 Å². The summed E-state index contributed by atoms with van der Waals surface area (Å²) in [5, 5.41) is 3.14. The molecule has 0 bridgehead atoms. The summed E-state index contributed by atoms with van der Waals surface area (Å²) in [5.41, 5.74) is 8.40. The molecular weight excluding hydrogens is 316 g/mol. The molecule has 0 unspecified atom stereocenters. The Balaban J connectivity index is 1.72. The zero-order chi connectivity index (χ0) is 16.5. The molecular formula is C20H18N2OS. The molecule has 1 aliphatic rings. The lowest BCUT2D eigenvalue weighted by molar-refractivity contribution is 0.100. The molecule has 0 radical (unpaired) electrons. The van der Waals surface area contributed by atoms with Gasteiger partial charge in [0.2, 0.25) is 0 Å². The molecule has 0 saturated heterocycles. The van der Waals surface area contributed by atoms with Crippen molar-refractivity contribution in [1.82, 2.24) is 0 Å². The molecule has 24 heavy (non-hydrogen) atoms. The van der Waals surface area contributed by atoms with Gasteiger partial charge in [-0.1, -0.05) is 36.4 Å². The van der Waals surface area contributed by atoms with Crippen molar-refractivity contribution >= 4 is 39.2 Å². The molecule has 0 aliphatic heterocycles. The smallest absolute Gasteiger partial charge is 0.252 e. The van der Waals surface area contributed by atoms with E-state index in [9.17, 15) is 4.79 Å². The Morgan fingerprint density at radius 3 is 2.71 bits per heavy atom. The SMILES string of the molecule is NC(=O)c1c(N=Cc2ccc3ccccc3c2)sc2c1CCCC2. The Bertz CT molecular complexity index is 955. The minimum atomic E-state index is -0.361. The second kappa shape index (κ2) is 6.21. The predicted molar refractivity (Wildman–Crippen MR) is 101 cm³/mol. The van der Waals surface area contributed by atoms with Gasteiger partial charge in [-0.05, 0) is 53.6 Å². The van der Waals surface area contributed by atoms with Crippen molar-refractivity contribution < 1.29 is 4.79 Å². The third kappa shape index (κ3) is 2.74. The monoisotopic (exact) mass is 334 g/mol. The number of nitrogens with two attached hydrogens (primary N) is 1. The number of rotatable bonds is 3. The lowest BCUT2D eigenvalue weighted by Gasteiger charge is -2.10. The first-order chi connectivity index (χ1) is 11.7. The first kappa shape index (κ1) is 15.1. The van der Waals surface area contributed by atoms with Gasteiger partial charge in [0.05, 0.1) is 5.56 Å². The first-order valence-electron chi connectivity index (χ1n) is 8.19. The highest BCUT2D eigenvalue weighted by molar-refractivity contribution is 7.16. The number of hydrogen-bond acceptors (Lipinski definition) is 3. The topological polar surface area (TPSA) is 55.5 Å². The van der Waals surface area contributed by atoms with Crippen molar-refractivity contribution in [3.8, 4) is 0 Å². The maximum atomic E-state index is 11.9. The van der Waals surface area contributed by atoms with Gasteiger partial charge in [-0.15, -0.1) is 11.3 Å². The fourth-order valence-corrected chi connectivity index (χ4v) is 4.56. The van der Waals surface area contributed by atoms with Gasteiger partial charge >= 0.3 is 0 Å². The van der Waals surface area contributed by atoms with E-state index in [2.05, 4.69) is 29.3 Å². The summed E-state index contributed by atoms with van der Waals surface area (Å²) in [5.74, 6) is -0.361. The number of hydrogen-bond donors (Lipinski definition) is 1. The van der Waals surface area contributed by atoms with Crippen molar-refractivity contribution in [2.24, 2.45) is 10.7 Å². The van der Waals surface area contributed by atoms with Crippen LogP contribution in [0.25, 0.3) is 10.8 Å². The Hall–Kier alpha value is -2.46. The van der Waals surface area contributed by atoms with Crippen LogP contribution in [0.2, 0.25) is 0 Å². The fraction of sp³-hybridized carbons (Fsp3) is 0.200. The molecule has 1 heterocycles. The van der Waals surface area contributed by atoms with Gasteiger partial charge in [0.1, 0.15) is 5.00 Å². The van der Waals surface area contributed by atoms with Gasteiger partial charge in [0.15, 0.2) is 0 Å². The van der Waals surface area contributed by atoms with E-state index in [1.54, 1.807) is 11.3 Å². The molecule has 120 valence electrons. The molecule has 1 amide bonds. The van der Waals surface area contributed by atoms with Crippen LogP contribution in [0.3, 0.4) is 0 Å². The molecule has 3 aromatic rings. The van der Waals surface area contributed by atoms with E-state index in [1.807, 2.05) is 24.4 Å². The molecule has 0 fully saturated rings. The number of primary amides is 1. The van der Waals surface area contributed by atoms with E-state index in [1.165, 1.54) is 22.1 Å². The average molecular weight is 334 g/mol. The quantitative estimate of drug-likeness (QED) is 0.698. The largest absolute Gasteiger partial charge is 0.365 e. The summed E-state index contributed by atoms with van der Waals surface area (Å²) in [4.78, 5) is 17.8. The van der Waals surface area contributed by atoms with Gasteiger partial charge in [-0.2, -0.15) is 0 Å². The summed E-state index contributed by atoms with van der Waals surface area (Å²) >= 11 is 1.61. The Morgan fingerprint density at radius 1 is 1.08 bits per heavy atom. The van der Waals surface area contributed by atoms with E-state index in [-0.39, 0.29) is 5.91 Å². The number of carbonyl (C=O) groups is 1. The molecule has 3 nitrogen and oxygen atoms in total. The minimum absolute atomic E-state index is 0.361. The van der Waals surface area contributed by atoms with Crippen LogP contribution in [0.15, 0.2) is 47.5 Å². The highest BCUT2D eigenvalue weighted by Gasteiger charge is 2.23. The number of thiophene rings is 1. The lowest BCUT2D eigenvalue weighted by atomic mass is 9.95. The van der Waals surface area contributed by atoms with Gasteiger partial charge in [-0.3, -0.25) is 4.79 Å². The van der Waals surface area contributed by atoms with Crippen LogP contribution in [0, 0.1) is 0 Å². The van der Waals surface area contributed by atoms with E-state index >= 15 is 0 Å². The number of nitrogens with zero attached hydrogens (tertiary/aromatic N) is 1. The second-order valence-electron chi connectivity index (χ2n) is 6.12. The number of carbonyl (C=O) groups excluding carboxylic acids is 1. The molecule has 2 N–H and O–H groups in total. The average Bonchev–Trinajstić information content (AvgIpc) is 2.98. The second-order valence-corrected chi connectivity index (χ2v) is 7.20. The lowest BCUT2D eigenvalue weighted by Crippen LogP contribution is -2.14. The van der Waals surface area contributed by atoms with Gasteiger partial charge in [-0.25, -0.2) is 4.99 Å². The number of benzene rings is 2. The summed E-state index contributed by atoms with van der Waals surface area (Å²) in [6.45, 7) is 0. The summed E-state index contributed by atoms with van der Waals surface area (Å²) in [6.07, 6.45) is 6.11. The maximum Gasteiger partial charge on any atom is 0.252 e. The van der Waals surface area contributed by atoms with Crippen LogP contribution < -0.4 is 5.73 Å². The van der Waals surface area contributed by atoms with Crippen molar-refractivity contribution in [3.05, 3.63) is 64.0 Å². The van der Waals surface area contributed by atoms with E-state index in [4.69, 9.17) is 5.73 Å². The van der Waals surface area contributed by atoms with Crippen LogP contribution in [0.4, 0.5) is 5.00 Å². The molecule has 2 aromatic carbocycles. The third-order valence-corrected chi connectivity index (χ3v) is 5.70. The van der Waals surface area contributed by atoms with Crippen molar-refractivity contribution in [1.29, 1.82) is 0 Å². The van der Waals surface area contributed by atoms with Crippen molar-refractivity contribution in [2.45, 2.75) is 25.7 Å². The standard InChI is InChI=1S/C20H18N2OS/c21-19(23)18-16-7-3-4-8-17(16)24-20(18)22-12-13-9-10-14-5-1-2-6-15(14)11-13/h1-2,5-6,9-12H,3-4,7-8H2,(H2,21,23). The van der Waals surface area contributed by atoms with Crippen molar-refractivity contribution in [2.75, 3.05) is 0 Å². The maximum absolute atomic E-state index is 11.9. The van der Waals surface area contributed by atoms with Crippen LogP contribution in [-0.4, -0.2) is 12.1 Å². The Kier molecular flexibility index (Phi) is 3.90. The van der Waals surface area contributed by atoms with Crippen LogP contribution in [0.5, 0.6) is 0 Å². The van der Waals surface area contributed by atoms with Crippen LogP contribution in [0.1, 0.15) is 39.2 Å². The summed E-state index contributed by atoms with van der Waals surface area (Å²) in [6, 6.07) is 14.5. The highest BCUT2D eigenvalue weighted by Crippen LogP contribution is 2.39. The Morgan fingerprint density at radius 2 is 1.88 bits per heavy atom. The third-order valence-electron chi connectivity index (χ3n) is 4.50. The van der Waals surface area contributed by atoms with Crippen LogP contribution in [-0.2, 0) is 12.8 Å². The van der Waals surface area contributed by atoms with Gasteiger partial charge < -0.3 is 5.73 Å². The number of amides is 1. The highest BCUT2D eigenvalue weighted by atomic mass is 32.1. The molecule has 1 aromatic heterocycles. The summed E-state index contributed by atoms with van der Waals surface area (Å²) in [7, 11) is 0. The summed E-state index contributed by atoms with van der Waals surface area (Å²) < 4.78 is 0. The molecule has 1 aliphatic carbocycles. The number of aliphatic imine (C=N–C) groups is 1. The minimum Gasteiger partial charge on any atom is -0.365 e. The fourth-order valence-electron chi connectivity index (χ4n) is 3.32. The Labute approximate surface area is 144 Å².